The lowest BCUT2D eigenvalue weighted by atomic mass is 10.1. The Morgan fingerprint density at radius 1 is 1.30 bits per heavy atom. The van der Waals surface area contributed by atoms with Crippen LogP contribution < -0.4 is 4.90 Å². The molecule has 1 amide bonds. The monoisotopic (exact) mass is 369 g/mol. The van der Waals surface area contributed by atoms with E-state index in [2.05, 4.69) is 28.7 Å². The van der Waals surface area contributed by atoms with Crippen LogP contribution in [0.2, 0.25) is 0 Å². The summed E-state index contributed by atoms with van der Waals surface area (Å²) in [6, 6.07) is 7.54. The van der Waals surface area contributed by atoms with E-state index in [9.17, 15) is 9.18 Å². The highest BCUT2D eigenvalue weighted by Crippen LogP contribution is 2.29. The molecule has 0 aromatic carbocycles. The van der Waals surface area contributed by atoms with E-state index in [0.29, 0.717) is 11.0 Å². The number of carbonyl (C=O) groups excluding carboxylic acids is 1. The van der Waals surface area contributed by atoms with E-state index >= 15 is 0 Å². The summed E-state index contributed by atoms with van der Waals surface area (Å²) in [4.78, 5) is 28.0. The number of anilines is 1. The first-order chi connectivity index (χ1) is 12.9. The Balaban J connectivity index is 0.00000225. The summed E-state index contributed by atoms with van der Waals surface area (Å²) < 4.78 is 13.6. The maximum atomic E-state index is 13.6. The fraction of sp³-hybridized carbons (Fsp3) is 0.350. The van der Waals surface area contributed by atoms with E-state index in [0.717, 1.165) is 30.2 Å². The molecule has 4 heterocycles. The minimum atomic E-state index is -0.373. The van der Waals surface area contributed by atoms with Gasteiger partial charge >= 0.3 is 0 Å². The number of H-pyrrole nitrogens is 1. The minimum absolute atomic E-state index is 0. The Bertz CT molecular complexity index is 995. The lowest BCUT2D eigenvalue weighted by Gasteiger charge is -2.44. The lowest BCUT2D eigenvalue weighted by molar-refractivity contribution is -0.133. The molecule has 1 N–H and O–H groups in total. The van der Waals surface area contributed by atoms with Crippen LogP contribution in [0.3, 0.4) is 0 Å². The molecule has 6 nitrogen and oxygen atoms in total. The first kappa shape index (κ1) is 17.5. The number of hydrogen-bond acceptors (Lipinski definition) is 4. The van der Waals surface area contributed by atoms with Crippen LogP contribution in [0.1, 0.15) is 22.2 Å². The summed E-state index contributed by atoms with van der Waals surface area (Å²) in [5, 5.41) is 0.711. The number of piperazine rings is 1. The highest BCUT2D eigenvalue weighted by Gasteiger charge is 2.31. The highest BCUT2D eigenvalue weighted by molar-refractivity contribution is 5.92. The molecule has 4 rings (SSSR count). The Morgan fingerprint density at radius 2 is 2.04 bits per heavy atom. The molecular weight excluding hydrogens is 345 g/mol. The van der Waals surface area contributed by atoms with Crippen molar-refractivity contribution >= 4 is 22.8 Å². The smallest absolute Gasteiger partial charge is 0.220 e. The third kappa shape index (κ3) is 3.13. The van der Waals surface area contributed by atoms with Crippen molar-refractivity contribution in [2.75, 3.05) is 18.0 Å². The minimum Gasteiger partial charge on any atom is -0.352 e. The molecule has 1 saturated heterocycles. The van der Waals surface area contributed by atoms with Crippen LogP contribution >= 0.6 is 0 Å². The van der Waals surface area contributed by atoms with E-state index in [1.165, 1.54) is 12.3 Å². The molecule has 0 unspecified atom stereocenters. The zero-order chi connectivity index (χ0) is 19.1. The van der Waals surface area contributed by atoms with Gasteiger partial charge in [-0.25, -0.2) is 14.4 Å². The van der Waals surface area contributed by atoms with Crippen molar-refractivity contribution in [2.24, 2.45) is 0 Å². The number of nitrogens with one attached hydrogen (secondary N) is 1. The maximum Gasteiger partial charge on any atom is 0.220 e. The van der Waals surface area contributed by atoms with Crippen LogP contribution in [0.15, 0.2) is 36.7 Å². The van der Waals surface area contributed by atoms with Crippen molar-refractivity contribution in [1.82, 2.24) is 19.9 Å². The Kier molecular flexibility index (Phi) is 4.30. The third-order valence-electron chi connectivity index (χ3n) is 5.11. The predicted molar refractivity (Wildman–Crippen MR) is 105 cm³/mol. The number of pyridine rings is 2. The van der Waals surface area contributed by atoms with E-state index in [1.54, 1.807) is 6.92 Å². The summed E-state index contributed by atoms with van der Waals surface area (Å²) in [5.41, 5.74) is 2.22. The number of carbonyl (C=O) groups is 1. The van der Waals surface area contributed by atoms with Crippen LogP contribution in [0, 0.1) is 5.82 Å². The van der Waals surface area contributed by atoms with E-state index < -0.39 is 0 Å². The molecule has 142 valence electrons. The molecule has 0 saturated carbocycles. The number of amides is 1. The van der Waals surface area contributed by atoms with Crippen molar-refractivity contribution in [2.45, 2.75) is 32.9 Å². The van der Waals surface area contributed by atoms with E-state index in [1.807, 2.05) is 29.3 Å². The fourth-order valence-electron chi connectivity index (χ4n) is 4.07. The normalized spacial score (nSPS) is 20.3. The maximum absolute atomic E-state index is 13.6. The van der Waals surface area contributed by atoms with Crippen LogP contribution in [-0.2, 0) is 4.79 Å². The molecule has 1 aliphatic heterocycles. The number of halogens is 1. The summed E-state index contributed by atoms with van der Waals surface area (Å²) >= 11 is 0. The quantitative estimate of drug-likeness (QED) is 0.751. The predicted octanol–water partition coefficient (Wildman–Crippen LogP) is 3.46. The average Bonchev–Trinajstić information content (AvgIpc) is 3.04. The van der Waals surface area contributed by atoms with Gasteiger partial charge in [-0.15, -0.1) is 0 Å². The van der Waals surface area contributed by atoms with Gasteiger partial charge in [0.1, 0.15) is 17.3 Å². The SMILES string of the molecule is CC(=O)N1[C@H](C)CN(c2cccc(-c3c[nH]c4ncc(F)cc34)n2)C[C@@H]1C.[HH]. The Hall–Kier alpha value is -2.96. The van der Waals surface area contributed by atoms with Crippen LogP contribution in [0.25, 0.3) is 22.3 Å². The molecule has 0 bridgehead atoms. The fourth-order valence-corrected chi connectivity index (χ4v) is 4.07. The van der Waals surface area contributed by atoms with Gasteiger partial charge in [0, 0.05) is 50.7 Å². The van der Waals surface area contributed by atoms with Gasteiger partial charge in [-0.1, -0.05) is 6.07 Å². The largest absolute Gasteiger partial charge is 0.352 e. The van der Waals surface area contributed by atoms with Gasteiger partial charge in [-0.3, -0.25) is 4.79 Å². The van der Waals surface area contributed by atoms with E-state index in [4.69, 9.17) is 4.98 Å². The van der Waals surface area contributed by atoms with Crippen molar-refractivity contribution in [3.8, 4) is 11.3 Å². The second-order valence-electron chi connectivity index (χ2n) is 7.16. The third-order valence-corrected chi connectivity index (χ3v) is 5.11. The Morgan fingerprint density at radius 3 is 2.74 bits per heavy atom. The van der Waals surface area contributed by atoms with Gasteiger partial charge in [-0.05, 0) is 32.0 Å². The van der Waals surface area contributed by atoms with Gasteiger partial charge < -0.3 is 14.8 Å². The van der Waals surface area contributed by atoms with Crippen LogP contribution in [0.4, 0.5) is 10.2 Å². The number of nitrogens with zero attached hydrogens (tertiary/aromatic N) is 4. The molecule has 1 aliphatic rings. The Labute approximate surface area is 158 Å². The summed E-state index contributed by atoms with van der Waals surface area (Å²) in [6.07, 6.45) is 3.01. The van der Waals surface area contributed by atoms with Crippen LogP contribution in [0.5, 0.6) is 0 Å². The molecule has 0 aliphatic carbocycles. The molecule has 3 aromatic rings. The zero-order valence-electron chi connectivity index (χ0n) is 15.6. The molecule has 1 fully saturated rings. The van der Waals surface area contributed by atoms with Gasteiger partial charge in [0.05, 0.1) is 11.9 Å². The summed E-state index contributed by atoms with van der Waals surface area (Å²) in [6.45, 7) is 7.19. The molecule has 0 radical (unpaired) electrons. The number of aromatic nitrogens is 3. The standard InChI is InChI=1S/C20H22FN5O.H2/c1-12-10-25(11-13(2)26(12)14(3)27)19-6-4-5-18(24-19)17-9-23-20-16(17)7-15(21)8-22-20;/h4-9,12-13H,10-11H2,1-3H3,(H,22,23);1H/t12-,13+;. The second-order valence-corrected chi connectivity index (χ2v) is 7.16. The van der Waals surface area contributed by atoms with Crippen molar-refractivity contribution in [3.05, 3.63) is 42.5 Å². The van der Waals surface area contributed by atoms with Crippen LogP contribution in [-0.4, -0.2) is 50.9 Å². The van der Waals surface area contributed by atoms with Crippen molar-refractivity contribution in [3.63, 3.8) is 0 Å². The number of hydrogen-bond donors (Lipinski definition) is 1. The summed E-state index contributed by atoms with van der Waals surface area (Å²) in [7, 11) is 0. The van der Waals surface area contributed by atoms with Gasteiger partial charge in [0.15, 0.2) is 0 Å². The van der Waals surface area contributed by atoms with Crippen molar-refractivity contribution < 1.29 is 10.6 Å². The number of fused-ring (bicyclic) bond motifs is 1. The molecular formula is C20H24FN5O. The molecule has 7 heteroatoms. The van der Waals surface area contributed by atoms with Gasteiger partial charge in [-0.2, -0.15) is 0 Å². The highest BCUT2D eigenvalue weighted by atomic mass is 19.1. The molecule has 27 heavy (non-hydrogen) atoms. The average molecular weight is 369 g/mol. The molecule has 2 atom stereocenters. The first-order valence-electron chi connectivity index (χ1n) is 9.08. The second kappa shape index (κ2) is 6.64. The summed E-state index contributed by atoms with van der Waals surface area (Å²) in [5.74, 6) is 0.584. The first-order valence-corrected chi connectivity index (χ1v) is 9.08. The topological polar surface area (TPSA) is 65.1 Å². The van der Waals surface area contributed by atoms with Gasteiger partial charge in [0.2, 0.25) is 5.91 Å². The molecule has 0 spiro atoms. The number of rotatable bonds is 2. The zero-order valence-corrected chi connectivity index (χ0v) is 15.6. The number of aromatic amines is 1. The van der Waals surface area contributed by atoms with Crippen molar-refractivity contribution in [1.29, 1.82) is 0 Å². The van der Waals surface area contributed by atoms with E-state index in [-0.39, 0.29) is 25.2 Å². The molecule has 3 aromatic heterocycles. The van der Waals surface area contributed by atoms with Gasteiger partial charge in [0.25, 0.3) is 0 Å². The lowest BCUT2D eigenvalue weighted by Crippen LogP contribution is -2.58.